The normalized spacial score (nSPS) is 22.2. The van der Waals surface area contributed by atoms with E-state index in [1.807, 2.05) is 22.6 Å². The first-order valence-electron chi connectivity index (χ1n) is 5.68. The van der Waals surface area contributed by atoms with E-state index in [9.17, 15) is 4.79 Å². The number of aliphatic hydroxyl groups is 1. The number of hydrogen-bond acceptors (Lipinski definition) is 4. The quantitative estimate of drug-likeness (QED) is 0.779. The molecule has 94 valence electrons. The van der Waals surface area contributed by atoms with Crippen LogP contribution in [0.1, 0.15) is 25.2 Å². The Morgan fingerprint density at radius 3 is 3.00 bits per heavy atom. The van der Waals surface area contributed by atoms with Gasteiger partial charge < -0.3 is 10.2 Å². The predicted octanol–water partition coefficient (Wildman–Crippen LogP) is 0.0526. The number of aliphatic hydroxyl groups excluding tert-OH is 1. The first kappa shape index (κ1) is 12.1. The standard InChI is InChI=1S/C11H17N3O3/c1-7-4-14-10(3-9(6-15)12-14)5-13(7)8(2)11(16)17/h3,7-8,15H,4-6H2,1-2H3,(H,16,17)/t7-,8-/m1/s1. The van der Waals surface area contributed by atoms with Crippen LogP contribution in [0.3, 0.4) is 0 Å². The molecule has 0 fully saturated rings. The van der Waals surface area contributed by atoms with Gasteiger partial charge in [0.2, 0.25) is 0 Å². The maximum atomic E-state index is 11.0. The van der Waals surface area contributed by atoms with Crippen LogP contribution in [-0.4, -0.2) is 42.9 Å². The van der Waals surface area contributed by atoms with Crippen molar-refractivity contribution in [2.24, 2.45) is 0 Å². The summed E-state index contributed by atoms with van der Waals surface area (Å²) in [5, 5.41) is 22.3. The maximum Gasteiger partial charge on any atom is 0.320 e. The fourth-order valence-corrected chi connectivity index (χ4v) is 2.24. The van der Waals surface area contributed by atoms with Gasteiger partial charge in [-0.15, -0.1) is 0 Å². The van der Waals surface area contributed by atoms with E-state index in [1.165, 1.54) is 0 Å². The Bertz CT molecular complexity index is 430. The number of carbonyl (C=O) groups is 1. The lowest BCUT2D eigenvalue weighted by Crippen LogP contribution is -2.49. The lowest BCUT2D eigenvalue weighted by molar-refractivity contribution is -0.144. The van der Waals surface area contributed by atoms with E-state index in [-0.39, 0.29) is 12.6 Å². The minimum atomic E-state index is -0.813. The molecule has 1 aromatic heterocycles. The molecule has 0 saturated carbocycles. The van der Waals surface area contributed by atoms with Crippen molar-refractivity contribution in [2.45, 2.75) is 45.6 Å². The number of carboxylic acid groups (broad SMARTS) is 1. The number of carboxylic acids is 1. The molecule has 0 aromatic carbocycles. The summed E-state index contributed by atoms with van der Waals surface area (Å²) in [4.78, 5) is 12.9. The zero-order chi connectivity index (χ0) is 12.6. The SMILES string of the molecule is C[C@@H]1Cn2nc(CO)cc2CN1[C@H](C)C(=O)O. The smallest absolute Gasteiger partial charge is 0.320 e. The average molecular weight is 239 g/mol. The highest BCUT2D eigenvalue weighted by molar-refractivity contribution is 5.72. The van der Waals surface area contributed by atoms with E-state index in [2.05, 4.69) is 5.10 Å². The summed E-state index contributed by atoms with van der Waals surface area (Å²) in [5.74, 6) is -0.813. The van der Waals surface area contributed by atoms with Gasteiger partial charge in [0.25, 0.3) is 0 Å². The van der Waals surface area contributed by atoms with Gasteiger partial charge >= 0.3 is 5.97 Å². The van der Waals surface area contributed by atoms with E-state index in [0.29, 0.717) is 18.8 Å². The highest BCUT2D eigenvalue weighted by Gasteiger charge is 2.30. The van der Waals surface area contributed by atoms with Gasteiger partial charge in [-0.2, -0.15) is 5.10 Å². The summed E-state index contributed by atoms with van der Waals surface area (Å²) in [6.07, 6.45) is 0. The third kappa shape index (κ3) is 2.18. The molecular formula is C11H17N3O3. The molecule has 0 amide bonds. The van der Waals surface area contributed by atoms with Gasteiger partial charge in [0.05, 0.1) is 24.5 Å². The van der Waals surface area contributed by atoms with Crippen LogP contribution in [-0.2, 0) is 24.5 Å². The Morgan fingerprint density at radius 2 is 2.41 bits per heavy atom. The summed E-state index contributed by atoms with van der Waals surface area (Å²) < 4.78 is 1.85. The topological polar surface area (TPSA) is 78.6 Å². The highest BCUT2D eigenvalue weighted by Crippen LogP contribution is 2.20. The molecule has 0 saturated heterocycles. The molecule has 6 heteroatoms. The van der Waals surface area contributed by atoms with Crippen LogP contribution < -0.4 is 0 Å². The summed E-state index contributed by atoms with van der Waals surface area (Å²) in [7, 11) is 0. The monoisotopic (exact) mass is 239 g/mol. The number of aliphatic carboxylic acids is 1. The molecule has 6 nitrogen and oxygen atoms in total. The Balaban J connectivity index is 2.22. The third-order valence-electron chi connectivity index (χ3n) is 3.28. The average Bonchev–Trinajstić information content (AvgIpc) is 2.68. The van der Waals surface area contributed by atoms with Gasteiger partial charge in [-0.3, -0.25) is 14.4 Å². The third-order valence-corrected chi connectivity index (χ3v) is 3.28. The molecule has 0 spiro atoms. The van der Waals surface area contributed by atoms with E-state index >= 15 is 0 Å². The van der Waals surface area contributed by atoms with Crippen molar-refractivity contribution in [3.05, 3.63) is 17.5 Å². The number of hydrogen-bond donors (Lipinski definition) is 2. The molecule has 0 bridgehead atoms. The van der Waals surface area contributed by atoms with Crippen LogP contribution >= 0.6 is 0 Å². The molecule has 2 N–H and O–H groups in total. The summed E-state index contributed by atoms with van der Waals surface area (Å²) in [5.41, 5.74) is 1.59. The Labute approximate surface area is 99.5 Å². The molecule has 17 heavy (non-hydrogen) atoms. The van der Waals surface area contributed by atoms with Crippen LogP contribution in [0.15, 0.2) is 6.07 Å². The summed E-state index contributed by atoms with van der Waals surface area (Å²) in [6, 6.07) is 1.44. The molecule has 0 unspecified atom stereocenters. The zero-order valence-electron chi connectivity index (χ0n) is 10.00. The van der Waals surface area contributed by atoms with Crippen LogP contribution in [0.2, 0.25) is 0 Å². The van der Waals surface area contributed by atoms with E-state index in [1.54, 1.807) is 6.92 Å². The molecule has 2 atom stereocenters. The van der Waals surface area contributed by atoms with Crippen molar-refractivity contribution in [3.8, 4) is 0 Å². The van der Waals surface area contributed by atoms with Crippen molar-refractivity contribution >= 4 is 5.97 Å². The van der Waals surface area contributed by atoms with Crippen molar-refractivity contribution in [2.75, 3.05) is 0 Å². The predicted molar refractivity (Wildman–Crippen MR) is 60.3 cm³/mol. The second-order valence-corrected chi connectivity index (χ2v) is 4.50. The largest absolute Gasteiger partial charge is 0.480 e. The van der Waals surface area contributed by atoms with Crippen molar-refractivity contribution < 1.29 is 15.0 Å². The summed E-state index contributed by atoms with van der Waals surface area (Å²) in [6.45, 7) is 4.82. The maximum absolute atomic E-state index is 11.0. The molecule has 1 aromatic rings. The molecular weight excluding hydrogens is 222 g/mol. The van der Waals surface area contributed by atoms with Gasteiger partial charge in [-0.25, -0.2) is 0 Å². The lowest BCUT2D eigenvalue weighted by atomic mass is 10.1. The second-order valence-electron chi connectivity index (χ2n) is 4.50. The molecule has 0 aliphatic carbocycles. The molecule has 1 aliphatic heterocycles. The fourth-order valence-electron chi connectivity index (χ4n) is 2.24. The van der Waals surface area contributed by atoms with Crippen LogP contribution in [0, 0.1) is 0 Å². The van der Waals surface area contributed by atoms with Crippen molar-refractivity contribution in [3.63, 3.8) is 0 Å². The molecule has 0 radical (unpaired) electrons. The van der Waals surface area contributed by atoms with Crippen LogP contribution in [0.5, 0.6) is 0 Å². The van der Waals surface area contributed by atoms with Crippen molar-refractivity contribution in [1.29, 1.82) is 0 Å². The molecule has 2 heterocycles. The number of nitrogens with zero attached hydrogens (tertiary/aromatic N) is 3. The highest BCUT2D eigenvalue weighted by atomic mass is 16.4. The van der Waals surface area contributed by atoms with Gasteiger partial charge in [0.1, 0.15) is 6.04 Å². The zero-order valence-corrected chi connectivity index (χ0v) is 10.00. The number of aromatic nitrogens is 2. The number of fused-ring (bicyclic) bond motifs is 1. The second kappa shape index (κ2) is 4.46. The van der Waals surface area contributed by atoms with Gasteiger partial charge in [0.15, 0.2) is 0 Å². The Morgan fingerprint density at radius 1 is 1.71 bits per heavy atom. The van der Waals surface area contributed by atoms with Gasteiger partial charge in [0, 0.05) is 12.6 Å². The van der Waals surface area contributed by atoms with E-state index in [0.717, 1.165) is 5.69 Å². The van der Waals surface area contributed by atoms with E-state index in [4.69, 9.17) is 10.2 Å². The van der Waals surface area contributed by atoms with Gasteiger partial charge in [-0.05, 0) is 19.9 Å². The lowest BCUT2D eigenvalue weighted by Gasteiger charge is -2.36. The number of rotatable bonds is 3. The Kier molecular flexibility index (Phi) is 3.17. The van der Waals surface area contributed by atoms with E-state index < -0.39 is 12.0 Å². The first-order valence-corrected chi connectivity index (χ1v) is 5.68. The molecule has 2 rings (SSSR count). The molecule has 1 aliphatic rings. The fraction of sp³-hybridized carbons (Fsp3) is 0.636. The van der Waals surface area contributed by atoms with Crippen LogP contribution in [0.4, 0.5) is 0 Å². The van der Waals surface area contributed by atoms with Crippen molar-refractivity contribution in [1.82, 2.24) is 14.7 Å². The first-order chi connectivity index (χ1) is 8.02. The minimum absolute atomic E-state index is 0.0805. The minimum Gasteiger partial charge on any atom is -0.480 e. The van der Waals surface area contributed by atoms with Gasteiger partial charge in [-0.1, -0.05) is 0 Å². The Hall–Kier alpha value is -1.40. The van der Waals surface area contributed by atoms with Crippen LogP contribution in [0.25, 0.3) is 0 Å². The summed E-state index contributed by atoms with van der Waals surface area (Å²) >= 11 is 0.